The Labute approximate surface area is 138 Å². The van der Waals surface area contributed by atoms with Gasteiger partial charge < -0.3 is 10.1 Å². The van der Waals surface area contributed by atoms with E-state index in [1.165, 1.54) is 5.56 Å². The number of ether oxygens (including phenoxy) is 1. The summed E-state index contributed by atoms with van der Waals surface area (Å²) in [5, 5.41) is 2.92. The molecular formula is C17H18INO2. The summed E-state index contributed by atoms with van der Waals surface area (Å²) in [5.41, 5.74) is 4.19. The standard InChI is InChI=1S/C17H18INO2/c1-11-7-12(2)17(13(3)8-11)19-16(20)10-21-15-6-4-5-14(18)9-15/h4-9H,10H2,1-3H3,(H,19,20). The molecule has 0 heterocycles. The van der Waals surface area contributed by atoms with Crippen LogP contribution in [0.3, 0.4) is 0 Å². The average Bonchev–Trinajstić information content (AvgIpc) is 2.40. The number of hydrogen-bond acceptors (Lipinski definition) is 2. The summed E-state index contributed by atoms with van der Waals surface area (Å²) in [6, 6.07) is 11.7. The zero-order valence-electron chi connectivity index (χ0n) is 12.4. The predicted octanol–water partition coefficient (Wildman–Crippen LogP) is 4.23. The lowest BCUT2D eigenvalue weighted by Crippen LogP contribution is -2.21. The molecule has 0 saturated carbocycles. The predicted molar refractivity (Wildman–Crippen MR) is 93.9 cm³/mol. The Morgan fingerprint density at radius 1 is 1.14 bits per heavy atom. The van der Waals surface area contributed by atoms with Gasteiger partial charge in [-0.2, -0.15) is 0 Å². The minimum absolute atomic E-state index is 0.00680. The maximum Gasteiger partial charge on any atom is 0.262 e. The molecule has 1 N–H and O–H groups in total. The normalized spacial score (nSPS) is 10.3. The van der Waals surface area contributed by atoms with E-state index in [0.717, 1.165) is 20.4 Å². The molecule has 0 unspecified atom stereocenters. The molecule has 0 atom stereocenters. The van der Waals surface area contributed by atoms with Gasteiger partial charge in [-0.25, -0.2) is 0 Å². The number of nitrogens with one attached hydrogen (secondary N) is 1. The molecular weight excluding hydrogens is 377 g/mol. The van der Waals surface area contributed by atoms with Crippen LogP contribution in [0.1, 0.15) is 16.7 Å². The number of aryl methyl sites for hydroxylation is 3. The lowest BCUT2D eigenvalue weighted by atomic mass is 10.1. The van der Waals surface area contributed by atoms with Crippen LogP contribution >= 0.6 is 22.6 Å². The summed E-state index contributed by atoms with van der Waals surface area (Å²) >= 11 is 2.21. The van der Waals surface area contributed by atoms with Crippen LogP contribution in [0.4, 0.5) is 5.69 Å². The highest BCUT2D eigenvalue weighted by atomic mass is 127. The molecule has 0 aliphatic rings. The van der Waals surface area contributed by atoms with Crippen LogP contribution in [0.15, 0.2) is 36.4 Å². The van der Waals surface area contributed by atoms with E-state index in [2.05, 4.69) is 40.0 Å². The van der Waals surface area contributed by atoms with E-state index in [-0.39, 0.29) is 12.5 Å². The highest BCUT2D eigenvalue weighted by molar-refractivity contribution is 14.1. The van der Waals surface area contributed by atoms with Crippen molar-refractivity contribution in [3.05, 3.63) is 56.7 Å². The van der Waals surface area contributed by atoms with Crippen LogP contribution in [0.2, 0.25) is 0 Å². The molecule has 2 aromatic rings. The summed E-state index contributed by atoms with van der Waals surface area (Å²) in [6.07, 6.45) is 0. The minimum atomic E-state index is -0.149. The molecule has 110 valence electrons. The highest BCUT2D eigenvalue weighted by Gasteiger charge is 2.09. The van der Waals surface area contributed by atoms with Gasteiger partial charge in [-0.3, -0.25) is 4.79 Å². The van der Waals surface area contributed by atoms with E-state index >= 15 is 0 Å². The molecule has 0 fully saturated rings. The van der Waals surface area contributed by atoms with Crippen molar-refractivity contribution in [2.24, 2.45) is 0 Å². The van der Waals surface area contributed by atoms with Gasteiger partial charge in [-0.05, 0) is 72.7 Å². The van der Waals surface area contributed by atoms with Crippen LogP contribution in [0.25, 0.3) is 0 Å². The number of carbonyl (C=O) groups excluding carboxylic acids is 1. The fraction of sp³-hybridized carbons (Fsp3) is 0.235. The van der Waals surface area contributed by atoms with Gasteiger partial charge >= 0.3 is 0 Å². The summed E-state index contributed by atoms with van der Waals surface area (Å²) in [5.74, 6) is 0.554. The van der Waals surface area contributed by atoms with Crippen molar-refractivity contribution in [2.45, 2.75) is 20.8 Å². The van der Waals surface area contributed by atoms with Crippen molar-refractivity contribution >= 4 is 34.2 Å². The first kappa shape index (κ1) is 15.8. The number of halogens is 1. The number of carbonyl (C=O) groups is 1. The van der Waals surface area contributed by atoms with Crippen molar-refractivity contribution in [3.63, 3.8) is 0 Å². The zero-order chi connectivity index (χ0) is 15.4. The van der Waals surface area contributed by atoms with Crippen molar-refractivity contribution in [1.29, 1.82) is 0 Å². The second-order valence-corrected chi connectivity index (χ2v) is 6.31. The van der Waals surface area contributed by atoms with Gasteiger partial charge in [0.15, 0.2) is 6.61 Å². The number of benzene rings is 2. The fourth-order valence-corrected chi connectivity index (χ4v) is 2.77. The van der Waals surface area contributed by atoms with Crippen LogP contribution in [0, 0.1) is 24.3 Å². The van der Waals surface area contributed by atoms with Gasteiger partial charge in [0.05, 0.1) is 0 Å². The van der Waals surface area contributed by atoms with Crippen molar-refractivity contribution < 1.29 is 9.53 Å². The molecule has 0 spiro atoms. The Hall–Kier alpha value is -1.56. The lowest BCUT2D eigenvalue weighted by molar-refractivity contribution is -0.118. The van der Waals surface area contributed by atoms with Gasteiger partial charge in [0.2, 0.25) is 0 Å². The highest BCUT2D eigenvalue weighted by Crippen LogP contribution is 2.22. The Morgan fingerprint density at radius 3 is 2.43 bits per heavy atom. The van der Waals surface area contributed by atoms with E-state index in [9.17, 15) is 4.79 Å². The Bertz CT molecular complexity index is 645. The second-order valence-electron chi connectivity index (χ2n) is 5.07. The molecule has 0 bridgehead atoms. The minimum Gasteiger partial charge on any atom is -0.484 e. The number of hydrogen-bond donors (Lipinski definition) is 1. The van der Waals surface area contributed by atoms with Crippen LogP contribution in [0.5, 0.6) is 5.75 Å². The molecule has 0 aliphatic carbocycles. The summed E-state index contributed by atoms with van der Waals surface area (Å²) < 4.78 is 6.59. The van der Waals surface area contributed by atoms with E-state index in [1.54, 1.807) is 0 Å². The topological polar surface area (TPSA) is 38.3 Å². The van der Waals surface area contributed by atoms with Crippen molar-refractivity contribution in [2.75, 3.05) is 11.9 Å². The second kappa shape index (κ2) is 6.93. The monoisotopic (exact) mass is 395 g/mol. The smallest absolute Gasteiger partial charge is 0.262 e. The molecule has 0 radical (unpaired) electrons. The molecule has 21 heavy (non-hydrogen) atoms. The molecule has 3 nitrogen and oxygen atoms in total. The Balaban J connectivity index is 1.99. The van der Waals surface area contributed by atoms with Crippen LogP contribution in [-0.4, -0.2) is 12.5 Å². The van der Waals surface area contributed by atoms with E-state index in [4.69, 9.17) is 4.74 Å². The first-order chi connectivity index (χ1) is 9.95. The summed E-state index contributed by atoms with van der Waals surface area (Å²) in [7, 11) is 0. The quantitative estimate of drug-likeness (QED) is 0.787. The SMILES string of the molecule is Cc1cc(C)c(NC(=O)COc2cccc(I)c2)c(C)c1. The third kappa shape index (κ3) is 4.46. The summed E-state index contributed by atoms with van der Waals surface area (Å²) in [4.78, 5) is 12.0. The van der Waals surface area contributed by atoms with Crippen molar-refractivity contribution in [3.8, 4) is 5.75 Å². The number of rotatable bonds is 4. The van der Waals surface area contributed by atoms with Crippen LogP contribution in [-0.2, 0) is 4.79 Å². The van der Waals surface area contributed by atoms with E-state index < -0.39 is 0 Å². The van der Waals surface area contributed by atoms with Crippen LogP contribution < -0.4 is 10.1 Å². The molecule has 0 saturated heterocycles. The molecule has 4 heteroatoms. The third-order valence-corrected chi connectivity index (χ3v) is 3.78. The van der Waals surface area contributed by atoms with Gasteiger partial charge in [-0.15, -0.1) is 0 Å². The van der Waals surface area contributed by atoms with Gasteiger partial charge in [0.25, 0.3) is 5.91 Å². The fourth-order valence-electron chi connectivity index (χ4n) is 2.26. The first-order valence-electron chi connectivity index (χ1n) is 6.72. The molecule has 1 amide bonds. The largest absolute Gasteiger partial charge is 0.484 e. The number of amides is 1. The van der Waals surface area contributed by atoms with Gasteiger partial charge in [0.1, 0.15) is 5.75 Å². The van der Waals surface area contributed by atoms with Gasteiger partial charge in [0, 0.05) is 9.26 Å². The maximum absolute atomic E-state index is 12.0. The van der Waals surface area contributed by atoms with E-state index in [1.807, 2.05) is 45.0 Å². The summed E-state index contributed by atoms with van der Waals surface area (Å²) in [6.45, 7) is 6.05. The number of anilines is 1. The third-order valence-electron chi connectivity index (χ3n) is 3.11. The van der Waals surface area contributed by atoms with E-state index in [0.29, 0.717) is 5.75 Å². The van der Waals surface area contributed by atoms with Gasteiger partial charge in [-0.1, -0.05) is 23.8 Å². The van der Waals surface area contributed by atoms with Crippen molar-refractivity contribution in [1.82, 2.24) is 0 Å². The Morgan fingerprint density at radius 2 is 1.81 bits per heavy atom. The Kier molecular flexibility index (Phi) is 5.22. The molecule has 0 aromatic heterocycles. The average molecular weight is 395 g/mol. The lowest BCUT2D eigenvalue weighted by Gasteiger charge is -2.13. The maximum atomic E-state index is 12.0. The molecule has 0 aliphatic heterocycles. The molecule has 2 rings (SSSR count). The first-order valence-corrected chi connectivity index (χ1v) is 7.79. The zero-order valence-corrected chi connectivity index (χ0v) is 14.5. The molecule has 2 aromatic carbocycles.